The number of ether oxygens (including phenoxy) is 4. The lowest BCUT2D eigenvalue weighted by atomic mass is 9.41. The average molecular weight is 603 g/mol. The van der Waals surface area contributed by atoms with E-state index in [4.69, 9.17) is 18.9 Å². The van der Waals surface area contributed by atoms with Gasteiger partial charge in [0.05, 0.1) is 18.8 Å². The zero-order valence-electron chi connectivity index (χ0n) is 26.9. The van der Waals surface area contributed by atoms with Gasteiger partial charge >= 0.3 is 0 Å². The summed E-state index contributed by atoms with van der Waals surface area (Å²) in [4.78, 5) is 0. The number of aliphatic hydroxyl groups excluding tert-OH is 4. The maximum atomic E-state index is 12.6. The highest BCUT2D eigenvalue weighted by atomic mass is 16.8. The SMILES string of the molecule is C=C(C)[C@H]1O[C@@]23O[C@@H]1C[C@@H](C)[C@@H]2[C@@]1(C)CC[C@@]24C[C@@]25CC[C@H](O[C@@H]2OC[C@@H](O)[C@H](O)[C@H]2O)C(C)(C)[C@@H]5CC[C@H]4[C@]1(C)[C@H]3O. The van der Waals surface area contributed by atoms with Crippen LogP contribution in [0.2, 0.25) is 0 Å². The van der Waals surface area contributed by atoms with E-state index in [1.165, 1.54) is 12.8 Å². The summed E-state index contributed by atoms with van der Waals surface area (Å²) >= 11 is 0. The molecule has 43 heavy (non-hydrogen) atoms. The molecule has 3 spiro atoms. The molecule has 0 aromatic carbocycles. The van der Waals surface area contributed by atoms with Gasteiger partial charge in [-0.15, -0.1) is 0 Å². The van der Waals surface area contributed by atoms with Gasteiger partial charge in [-0.3, -0.25) is 0 Å². The Labute approximate surface area is 256 Å². The molecule has 4 N–H and O–H groups in total. The zero-order chi connectivity index (χ0) is 30.7. The third-order valence-electron chi connectivity index (χ3n) is 15.7. The topological polar surface area (TPSA) is 118 Å². The molecule has 8 aliphatic rings. The molecule has 0 unspecified atom stereocenters. The summed E-state index contributed by atoms with van der Waals surface area (Å²) in [6.07, 6.45) is 2.97. The Hall–Kier alpha value is -0.580. The van der Waals surface area contributed by atoms with Crippen molar-refractivity contribution in [2.24, 2.45) is 50.7 Å². The summed E-state index contributed by atoms with van der Waals surface area (Å²) in [6.45, 7) is 18.1. The maximum Gasteiger partial charge on any atom is 0.199 e. The number of aliphatic hydroxyl groups is 4. The molecule has 242 valence electrons. The van der Waals surface area contributed by atoms with Gasteiger partial charge in [0.2, 0.25) is 0 Å². The van der Waals surface area contributed by atoms with Crippen LogP contribution in [0.3, 0.4) is 0 Å². The Bertz CT molecular complexity index is 1210. The minimum atomic E-state index is -1.27. The van der Waals surface area contributed by atoms with E-state index in [2.05, 4.69) is 41.2 Å². The van der Waals surface area contributed by atoms with Gasteiger partial charge < -0.3 is 39.4 Å². The Kier molecular flexibility index (Phi) is 6.14. The second-order valence-electron chi connectivity index (χ2n) is 17.5. The molecule has 0 amide bonds. The molecule has 0 aromatic heterocycles. The van der Waals surface area contributed by atoms with E-state index in [0.29, 0.717) is 17.8 Å². The first-order valence-electron chi connectivity index (χ1n) is 17.1. The quantitative estimate of drug-likeness (QED) is 0.284. The zero-order valence-corrected chi connectivity index (χ0v) is 26.9. The number of fused-ring (bicyclic) bond motifs is 4. The molecule has 8 heteroatoms. The van der Waals surface area contributed by atoms with E-state index in [0.717, 1.165) is 44.1 Å². The van der Waals surface area contributed by atoms with Gasteiger partial charge in [0.25, 0.3) is 0 Å². The molecule has 5 saturated carbocycles. The van der Waals surface area contributed by atoms with Crippen LogP contribution < -0.4 is 0 Å². The van der Waals surface area contributed by atoms with Gasteiger partial charge in [0, 0.05) is 11.3 Å². The molecule has 5 aliphatic carbocycles. The van der Waals surface area contributed by atoms with E-state index < -0.39 is 36.5 Å². The molecule has 8 rings (SSSR count). The monoisotopic (exact) mass is 602 g/mol. The largest absolute Gasteiger partial charge is 0.388 e. The Morgan fingerprint density at radius 1 is 0.884 bits per heavy atom. The number of rotatable bonds is 3. The minimum absolute atomic E-state index is 0.0326. The summed E-state index contributed by atoms with van der Waals surface area (Å²) in [5.41, 5.74) is 0.877. The fourth-order valence-electron chi connectivity index (χ4n) is 13.8. The minimum Gasteiger partial charge on any atom is -0.388 e. The first kappa shape index (κ1) is 29.8. The molecule has 3 heterocycles. The summed E-state index contributed by atoms with van der Waals surface area (Å²) in [6, 6.07) is 0. The van der Waals surface area contributed by atoms with Crippen molar-refractivity contribution in [3.8, 4) is 0 Å². The first-order chi connectivity index (χ1) is 20.1. The fraction of sp³-hybridized carbons (Fsp3) is 0.943. The van der Waals surface area contributed by atoms with Crippen LogP contribution in [0.4, 0.5) is 0 Å². The van der Waals surface area contributed by atoms with Crippen molar-refractivity contribution in [2.45, 2.75) is 148 Å². The van der Waals surface area contributed by atoms with Gasteiger partial charge in [0.15, 0.2) is 12.1 Å². The molecule has 0 radical (unpaired) electrons. The van der Waals surface area contributed by atoms with Crippen LogP contribution in [-0.4, -0.2) is 81.8 Å². The van der Waals surface area contributed by atoms with E-state index in [1.807, 2.05) is 6.92 Å². The van der Waals surface area contributed by atoms with Crippen LogP contribution >= 0.6 is 0 Å². The van der Waals surface area contributed by atoms with Gasteiger partial charge in [-0.1, -0.05) is 41.2 Å². The second kappa shape index (κ2) is 8.85. The van der Waals surface area contributed by atoms with Crippen molar-refractivity contribution in [1.82, 2.24) is 0 Å². The van der Waals surface area contributed by atoms with E-state index >= 15 is 0 Å². The molecular formula is C35H54O8. The highest BCUT2D eigenvalue weighted by Crippen LogP contribution is 2.90. The standard InChI is InChI=1S/C35H54O8/c1-17(2)26-20-14-18(3)27-31(6)12-13-34-16-33(34)11-10-23(41-28-25(38)24(37)19(36)15-40-28)30(4,5)21(33)8-9-22(34)32(31,7)29(39)35(27,42-20)43-26/h18-29,36-39H,1,8-16H2,2-7H3/t18-,19-,20-,21+,22+,23+,24+,25-,26-,27-,28+,29-,31-,32-,33-,34+,35+/m1/s1. The summed E-state index contributed by atoms with van der Waals surface area (Å²) in [5.74, 6) is 0.477. The van der Waals surface area contributed by atoms with E-state index in [1.54, 1.807) is 0 Å². The normalized spacial score (nSPS) is 62.8. The molecule has 3 aliphatic heterocycles. The number of hydrogen-bond donors (Lipinski definition) is 4. The maximum absolute atomic E-state index is 12.6. The van der Waals surface area contributed by atoms with Crippen LogP contribution in [0.1, 0.15) is 92.9 Å². The third kappa shape index (κ3) is 3.26. The first-order valence-corrected chi connectivity index (χ1v) is 17.1. The highest BCUT2D eigenvalue weighted by Gasteiger charge is 2.88. The summed E-state index contributed by atoms with van der Waals surface area (Å²) in [5, 5.41) is 43.4. The van der Waals surface area contributed by atoms with Crippen LogP contribution in [0.25, 0.3) is 0 Å². The lowest BCUT2D eigenvalue weighted by Gasteiger charge is -2.63. The highest BCUT2D eigenvalue weighted by molar-refractivity contribution is 5.34. The molecule has 17 atom stereocenters. The predicted molar refractivity (Wildman–Crippen MR) is 157 cm³/mol. The summed E-state index contributed by atoms with van der Waals surface area (Å²) < 4.78 is 25.9. The van der Waals surface area contributed by atoms with Gasteiger partial charge in [0.1, 0.15) is 30.5 Å². The Morgan fingerprint density at radius 3 is 2.30 bits per heavy atom. The summed E-state index contributed by atoms with van der Waals surface area (Å²) in [7, 11) is 0. The molecular weight excluding hydrogens is 548 g/mol. The van der Waals surface area contributed by atoms with Gasteiger partial charge in [-0.05, 0) is 103 Å². The molecule has 8 fully saturated rings. The van der Waals surface area contributed by atoms with E-state index in [-0.39, 0.29) is 57.9 Å². The Morgan fingerprint density at radius 2 is 1.58 bits per heavy atom. The van der Waals surface area contributed by atoms with Crippen LogP contribution in [0.15, 0.2) is 12.2 Å². The fourth-order valence-corrected chi connectivity index (χ4v) is 13.8. The van der Waals surface area contributed by atoms with Crippen molar-refractivity contribution in [2.75, 3.05) is 6.61 Å². The van der Waals surface area contributed by atoms with Crippen LogP contribution in [0.5, 0.6) is 0 Å². The number of hydrogen-bond acceptors (Lipinski definition) is 8. The smallest absolute Gasteiger partial charge is 0.199 e. The van der Waals surface area contributed by atoms with Gasteiger partial charge in [-0.25, -0.2) is 0 Å². The predicted octanol–water partition coefficient (Wildman–Crippen LogP) is 3.93. The lowest BCUT2D eigenvalue weighted by Crippen LogP contribution is -2.61. The Balaban J connectivity index is 1.10. The molecule has 8 nitrogen and oxygen atoms in total. The second-order valence-corrected chi connectivity index (χ2v) is 17.5. The third-order valence-corrected chi connectivity index (χ3v) is 15.7. The lowest BCUT2D eigenvalue weighted by molar-refractivity contribution is -0.303. The van der Waals surface area contributed by atoms with E-state index in [9.17, 15) is 20.4 Å². The van der Waals surface area contributed by atoms with Crippen molar-refractivity contribution < 1.29 is 39.4 Å². The molecule has 0 aromatic rings. The average Bonchev–Trinajstić information content (AvgIpc) is 3.46. The van der Waals surface area contributed by atoms with Crippen molar-refractivity contribution >= 4 is 0 Å². The van der Waals surface area contributed by atoms with Crippen LogP contribution in [0, 0.1) is 50.7 Å². The van der Waals surface area contributed by atoms with Crippen LogP contribution in [-0.2, 0) is 18.9 Å². The van der Waals surface area contributed by atoms with Crippen molar-refractivity contribution in [3.63, 3.8) is 0 Å². The van der Waals surface area contributed by atoms with Gasteiger partial charge in [-0.2, -0.15) is 0 Å². The van der Waals surface area contributed by atoms with Crippen molar-refractivity contribution in [3.05, 3.63) is 12.2 Å². The van der Waals surface area contributed by atoms with Crippen molar-refractivity contribution in [1.29, 1.82) is 0 Å². The molecule has 3 saturated heterocycles. The molecule has 2 bridgehead atoms.